The first-order valence-electron chi connectivity index (χ1n) is 5.55. The predicted octanol–water partition coefficient (Wildman–Crippen LogP) is -0.0570. The zero-order valence-corrected chi connectivity index (χ0v) is 10.4. The maximum atomic E-state index is 11.9. The molecule has 0 bridgehead atoms. The zero-order chi connectivity index (χ0) is 13.4. The van der Waals surface area contributed by atoms with Crippen molar-refractivity contribution < 1.29 is 14.4 Å². The summed E-state index contributed by atoms with van der Waals surface area (Å²) in [6.07, 6.45) is 1.61. The Balaban J connectivity index is 2.23. The molecule has 18 heavy (non-hydrogen) atoms. The molecule has 0 saturated carbocycles. The van der Waals surface area contributed by atoms with Crippen LogP contribution >= 0.6 is 0 Å². The first-order valence-corrected chi connectivity index (χ1v) is 5.55. The van der Waals surface area contributed by atoms with Gasteiger partial charge in [-0.05, 0) is 13.8 Å². The minimum absolute atomic E-state index is 0.127. The van der Waals surface area contributed by atoms with Crippen molar-refractivity contribution in [2.24, 2.45) is 13.0 Å². The molecule has 0 spiro atoms. The minimum atomic E-state index is -0.834. The number of carbonyl (C=O) groups excluding carboxylic acids is 3. The lowest BCUT2D eigenvalue weighted by Gasteiger charge is -2.28. The third-order valence-corrected chi connectivity index (χ3v) is 3.17. The number of carbonyl (C=O) groups is 3. The fourth-order valence-corrected chi connectivity index (χ4v) is 1.75. The van der Waals surface area contributed by atoms with Gasteiger partial charge in [0, 0.05) is 18.3 Å². The molecule has 1 atom stereocenters. The molecule has 1 N–H and O–H groups in total. The van der Waals surface area contributed by atoms with Gasteiger partial charge in [0.05, 0.1) is 12.7 Å². The van der Waals surface area contributed by atoms with Crippen LogP contribution in [0.5, 0.6) is 0 Å². The molecule has 1 aliphatic rings. The molecule has 4 amide bonds. The fourth-order valence-electron chi connectivity index (χ4n) is 1.75. The summed E-state index contributed by atoms with van der Waals surface area (Å²) in [7, 11) is 1.78. The van der Waals surface area contributed by atoms with Crippen LogP contribution in [0, 0.1) is 12.8 Å². The van der Waals surface area contributed by atoms with E-state index in [2.05, 4.69) is 10.4 Å². The van der Waals surface area contributed by atoms with Crippen molar-refractivity contribution in [1.29, 1.82) is 0 Å². The van der Waals surface area contributed by atoms with Crippen LogP contribution in [0.15, 0.2) is 6.20 Å². The molecule has 1 aliphatic heterocycles. The maximum absolute atomic E-state index is 11.9. The number of aryl methyl sites for hydroxylation is 1. The largest absolute Gasteiger partial charge is 0.331 e. The highest BCUT2D eigenvalue weighted by atomic mass is 16.2. The van der Waals surface area contributed by atoms with E-state index in [-0.39, 0.29) is 6.54 Å². The molecule has 1 aromatic heterocycles. The molecule has 0 aliphatic carbocycles. The monoisotopic (exact) mass is 250 g/mol. The van der Waals surface area contributed by atoms with Crippen LogP contribution in [0.2, 0.25) is 0 Å². The lowest BCUT2D eigenvalue weighted by Crippen LogP contribution is -2.56. The Morgan fingerprint density at radius 1 is 1.39 bits per heavy atom. The Morgan fingerprint density at radius 2 is 2.06 bits per heavy atom. The smallest absolute Gasteiger partial charge is 0.277 e. The van der Waals surface area contributed by atoms with Crippen molar-refractivity contribution in [2.75, 3.05) is 0 Å². The molecule has 2 heterocycles. The van der Waals surface area contributed by atoms with Gasteiger partial charge in [0.2, 0.25) is 11.8 Å². The molecular weight excluding hydrogens is 236 g/mol. The Bertz CT molecular complexity index is 534. The van der Waals surface area contributed by atoms with Crippen LogP contribution in [0.4, 0.5) is 4.79 Å². The molecule has 7 nitrogen and oxygen atoms in total. The Morgan fingerprint density at radius 3 is 2.61 bits per heavy atom. The Hall–Kier alpha value is -2.18. The molecule has 1 unspecified atom stereocenters. The normalized spacial score (nSPS) is 20.3. The highest BCUT2D eigenvalue weighted by Crippen LogP contribution is 2.15. The Labute approximate surface area is 104 Å². The summed E-state index contributed by atoms with van der Waals surface area (Å²) >= 11 is 0. The first kappa shape index (κ1) is 12.3. The van der Waals surface area contributed by atoms with E-state index in [0.29, 0.717) is 0 Å². The standard InChI is InChI=1S/C11H14N4O3/c1-6-9(16)13-11(18)15(10(6)17)5-8-4-12-14(3)7(8)2/h4,6H,5H2,1-3H3,(H,13,16,18). The topological polar surface area (TPSA) is 84.3 Å². The lowest BCUT2D eigenvalue weighted by molar-refractivity contribution is -0.142. The highest BCUT2D eigenvalue weighted by Gasteiger charge is 2.37. The lowest BCUT2D eigenvalue weighted by atomic mass is 10.1. The van der Waals surface area contributed by atoms with Gasteiger partial charge >= 0.3 is 6.03 Å². The van der Waals surface area contributed by atoms with Crippen LogP contribution < -0.4 is 5.32 Å². The quantitative estimate of drug-likeness (QED) is 0.745. The summed E-state index contributed by atoms with van der Waals surface area (Å²) in [5.41, 5.74) is 1.66. The van der Waals surface area contributed by atoms with Crippen molar-refractivity contribution in [1.82, 2.24) is 20.0 Å². The van der Waals surface area contributed by atoms with Crippen LogP contribution in [-0.4, -0.2) is 32.5 Å². The van der Waals surface area contributed by atoms with Crippen molar-refractivity contribution in [2.45, 2.75) is 20.4 Å². The van der Waals surface area contributed by atoms with E-state index >= 15 is 0 Å². The second kappa shape index (κ2) is 4.25. The third kappa shape index (κ3) is 1.87. The van der Waals surface area contributed by atoms with Crippen LogP contribution in [-0.2, 0) is 23.2 Å². The molecule has 7 heteroatoms. The van der Waals surface area contributed by atoms with E-state index in [1.165, 1.54) is 6.92 Å². The van der Waals surface area contributed by atoms with Crippen molar-refractivity contribution in [3.05, 3.63) is 17.5 Å². The highest BCUT2D eigenvalue weighted by molar-refractivity contribution is 6.15. The van der Waals surface area contributed by atoms with Gasteiger partial charge < -0.3 is 0 Å². The molecule has 1 fully saturated rings. The van der Waals surface area contributed by atoms with Crippen molar-refractivity contribution >= 4 is 17.8 Å². The van der Waals surface area contributed by atoms with Gasteiger partial charge in [-0.25, -0.2) is 4.79 Å². The van der Waals surface area contributed by atoms with Gasteiger partial charge in [0.25, 0.3) is 0 Å². The average Bonchev–Trinajstić information content (AvgIpc) is 2.63. The second-order valence-electron chi connectivity index (χ2n) is 4.32. The fraction of sp³-hybridized carbons (Fsp3) is 0.455. The van der Waals surface area contributed by atoms with E-state index in [1.54, 1.807) is 17.9 Å². The number of imide groups is 2. The summed E-state index contributed by atoms with van der Waals surface area (Å²) in [6.45, 7) is 3.46. The summed E-state index contributed by atoms with van der Waals surface area (Å²) < 4.78 is 1.66. The number of hydrogen-bond acceptors (Lipinski definition) is 4. The van der Waals surface area contributed by atoms with Gasteiger partial charge in [-0.1, -0.05) is 0 Å². The third-order valence-electron chi connectivity index (χ3n) is 3.17. The van der Waals surface area contributed by atoms with Crippen LogP contribution in [0.25, 0.3) is 0 Å². The Kier molecular flexibility index (Phi) is 2.90. The number of barbiturate groups is 1. The number of urea groups is 1. The van der Waals surface area contributed by atoms with Gasteiger partial charge in [-0.15, -0.1) is 0 Å². The van der Waals surface area contributed by atoms with Crippen molar-refractivity contribution in [3.63, 3.8) is 0 Å². The summed E-state index contributed by atoms with van der Waals surface area (Å²) in [5, 5.41) is 6.20. The molecule has 1 saturated heterocycles. The van der Waals surface area contributed by atoms with E-state index < -0.39 is 23.8 Å². The molecule has 0 aromatic carbocycles. The minimum Gasteiger partial charge on any atom is -0.277 e. The van der Waals surface area contributed by atoms with Gasteiger partial charge in [0.15, 0.2) is 0 Å². The number of nitrogens with one attached hydrogen (secondary N) is 1. The number of rotatable bonds is 2. The van der Waals surface area contributed by atoms with Crippen LogP contribution in [0.3, 0.4) is 0 Å². The maximum Gasteiger partial charge on any atom is 0.331 e. The van der Waals surface area contributed by atoms with Crippen LogP contribution in [0.1, 0.15) is 18.2 Å². The summed E-state index contributed by atoms with van der Waals surface area (Å²) in [5.74, 6) is -1.86. The molecular formula is C11H14N4O3. The molecule has 0 radical (unpaired) electrons. The van der Waals surface area contributed by atoms with Gasteiger partial charge in [-0.3, -0.25) is 24.5 Å². The number of aromatic nitrogens is 2. The van der Waals surface area contributed by atoms with Crippen molar-refractivity contribution in [3.8, 4) is 0 Å². The van der Waals surface area contributed by atoms with Gasteiger partial charge in [-0.2, -0.15) is 5.10 Å². The molecule has 2 rings (SSSR count). The van der Waals surface area contributed by atoms with E-state index in [0.717, 1.165) is 16.2 Å². The summed E-state index contributed by atoms with van der Waals surface area (Å²) in [6, 6.07) is -0.675. The number of nitrogens with zero attached hydrogens (tertiary/aromatic N) is 3. The zero-order valence-electron chi connectivity index (χ0n) is 10.4. The van der Waals surface area contributed by atoms with E-state index in [1.807, 2.05) is 6.92 Å². The van der Waals surface area contributed by atoms with Gasteiger partial charge in [0.1, 0.15) is 5.92 Å². The predicted molar refractivity (Wildman–Crippen MR) is 61.2 cm³/mol. The molecule has 96 valence electrons. The second-order valence-corrected chi connectivity index (χ2v) is 4.32. The van der Waals surface area contributed by atoms with E-state index in [4.69, 9.17) is 0 Å². The number of amides is 4. The van der Waals surface area contributed by atoms with E-state index in [9.17, 15) is 14.4 Å². The first-order chi connectivity index (χ1) is 8.41. The number of hydrogen-bond donors (Lipinski definition) is 1. The SMILES string of the molecule is Cc1c(CN2C(=O)NC(=O)C(C)C2=O)cnn1C. The average molecular weight is 250 g/mol. The summed E-state index contributed by atoms with van der Waals surface area (Å²) in [4.78, 5) is 35.8. The molecule has 1 aromatic rings.